The van der Waals surface area contributed by atoms with Crippen molar-refractivity contribution < 1.29 is 4.74 Å². The van der Waals surface area contributed by atoms with E-state index in [1.165, 1.54) is 24.8 Å². The lowest BCUT2D eigenvalue weighted by atomic mass is 9.96. The van der Waals surface area contributed by atoms with Crippen LogP contribution in [-0.4, -0.2) is 23.4 Å². The van der Waals surface area contributed by atoms with Crippen LogP contribution in [0.3, 0.4) is 0 Å². The SMILES string of the molecule is CC.COC1CCC1.Cc1cn[nH]c1. The number of rotatable bonds is 1. The Labute approximate surface area is 86.9 Å². The molecule has 0 amide bonds. The normalized spacial score (nSPS) is 14.3. The molecule has 0 radical (unpaired) electrons. The summed E-state index contributed by atoms with van der Waals surface area (Å²) in [5.41, 5.74) is 1.18. The zero-order chi connectivity index (χ0) is 10.8. The van der Waals surface area contributed by atoms with E-state index in [4.69, 9.17) is 4.74 Å². The number of methoxy groups -OCH3 is 1. The van der Waals surface area contributed by atoms with Gasteiger partial charge in [-0.2, -0.15) is 5.10 Å². The second-order valence-corrected chi connectivity index (χ2v) is 3.06. The highest BCUT2D eigenvalue weighted by Crippen LogP contribution is 2.20. The van der Waals surface area contributed by atoms with Gasteiger partial charge >= 0.3 is 0 Å². The van der Waals surface area contributed by atoms with Crippen LogP contribution >= 0.6 is 0 Å². The Bertz CT molecular complexity index is 190. The molecule has 14 heavy (non-hydrogen) atoms. The Balaban J connectivity index is 0.000000206. The van der Waals surface area contributed by atoms with Gasteiger partial charge in [0.25, 0.3) is 0 Å². The molecule has 0 bridgehead atoms. The molecule has 3 nitrogen and oxygen atoms in total. The molecular formula is C11H22N2O. The summed E-state index contributed by atoms with van der Waals surface area (Å²) in [4.78, 5) is 0. The maximum atomic E-state index is 4.99. The second kappa shape index (κ2) is 8.75. The first-order valence-electron chi connectivity index (χ1n) is 5.31. The first-order chi connectivity index (χ1) is 6.83. The molecule has 0 spiro atoms. The van der Waals surface area contributed by atoms with Crippen molar-refractivity contribution in [3.63, 3.8) is 0 Å². The van der Waals surface area contributed by atoms with Crippen molar-refractivity contribution in [3.8, 4) is 0 Å². The van der Waals surface area contributed by atoms with E-state index in [0.29, 0.717) is 6.10 Å². The lowest BCUT2D eigenvalue weighted by Gasteiger charge is -2.22. The van der Waals surface area contributed by atoms with Gasteiger partial charge in [-0.25, -0.2) is 0 Å². The maximum Gasteiger partial charge on any atom is 0.0571 e. The molecular weight excluding hydrogens is 176 g/mol. The summed E-state index contributed by atoms with van der Waals surface area (Å²) in [6.07, 6.45) is 8.19. The van der Waals surface area contributed by atoms with E-state index in [0.717, 1.165) is 0 Å². The first-order valence-corrected chi connectivity index (χ1v) is 5.31. The van der Waals surface area contributed by atoms with E-state index >= 15 is 0 Å². The molecule has 2 rings (SSSR count). The van der Waals surface area contributed by atoms with Crippen molar-refractivity contribution in [2.24, 2.45) is 0 Å². The monoisotopic (exact) mass is 198 g/mol. The first kappa shape index (κ1) is 13.2. The smallest absolute Gasteiger partial charge is 0.0571 e. The van der Waals surface area contributed by atoms with Crippen LogP contribution in [0.1, 0.15) is 38.7 Å². The van der Waals surface area contributed by atoms with E-state index in [2.05, 4.69) is 10.2 Å². The highest BCUT2D eigenvalue weighted by molar-refractivity contribution is 4.96. The average Bonchev–Trinajstić information content (AvgIpc) is 2.59. The third-order valence-electron chi connectivity index (χ3n) is 2.02. The van der Waals surface area contributed by atoms with E-state index in [9.17, 15) is 0 Å². The molecule has 0 atom stereocenters. The van der Waals surface area contributed by atoms with Gasteiger partial charge in [0.15, 0.2) is 0 Å². The maximum absolute atomic E-state index is 4.99. The Morgan fingerprint density at radius 2 is 2.07 bits per heavy atom. The summed E-state index contributed by atoms with van der Waals surface area (Å²) >= 11 is 0. The predicted octanol–water partition coefficient (Wildman–Crippen LogP) is 2.93. The Morgan fingerprint density at radius 1 is 1.43 bits per heavy atom. The quantitative estimate of drug-likeness (QED) is 0.753. The van der Waals surface area contributed by atoms with E-state index in [1.807, 2.05) is 27.0 Å². The predicted molar refractivity (Wildman–Crippen MR) is 59.3 cm³/mol. The summed E-state index contributed by atoms with van der Waals surface area (Å²) < 4.78 is 4.99. The fourth-order valence-electron chi connectivity index (χ4n) is 0.922. The third-order valence-corrected chi connectivity index (χ3v) is 2.02. The molecule has 1 aromatic heterocycles. The van der Waals surface area contributed by atoms with E-state index in [1.54, 1.807) is 13.3 Å². The Morgan fingerprint density at radius 3 is 2.14 bits per heavy atom. The molecule has 1 heterocycles. The second-order valence-electron chi connectivity index (χ2n) is 3.06. The third kappa shape index (κ3) is 5.75. The van der Waals surface area contributed by atoms with Crippen LogP contribution < -0.4 is 0 Å². The van der Waals surface area contributed by atoms with Crippen LogP contribution in [0.2, 0.25) is 0 Å². The molecule has 82 valence electrons. The van der Waals surface area contributed by atoms with E-state index < -0.39 is 0 Å². The molecule has 3 heteroatoms. The number of ether oxygens (including phenoxy) is 1. The van der Waals surface area contributed by atoms with Crippen molar-refractivity contribution in [1.29, 1.82) is 0 Å². The number of hydrogen-bond donors (Lipinski definition) is 1. The van der Waals surface area contributed by atoms with Gasteiger partial charge < -0.3 is 4.74 Å². The van der Waals surface area contributed by atoms with Crippen LogP contribution in [0.15, 0.2) is 12.4 Å². The summed E-state index contributed by atoms with van der Waals surface area (Å²) in [6.45, 7) is 5.99. The van der Waals surface area contributed by atoms with Gasteiger partial charge in [0.05, 0.1) is 12.3 Å². The molecule has 1 saturated carbocycles. The van der Waals surface area contributed by atoms with Crippen molar-refractivity contribution in [2.75, 3.05) is 7.11 Å². The van der Waals surface area contributed by atoms with Gasteiger partial charge in [0.2, 0.25) is 0 Å². The van der Waals surface area contributed by atoms with E-state index in [-0.39, 0.29) is 0 Å². The molecule has 1 aliphatic rings. The summed E-state index contributed by atoms with van der Waals surface area (Å²) in [5, 5.41) is 6.38. The zero-order valence-corrected chi connectivity index (χ0v) is 9.71. The molecule has 1 N–H and O–H groups in total. The minimum atomic E-state index is 0.616. The van der Waals surface area contributed by atoms with Crippen LogP contribution in [0.4, 0.5) is 0 Å². The van der Waals surface area contributed by atoms with Crippen molar-refractivity contribution in [3.05, 3.63) is 18.0 Å². The van der Waals surface area contributed by atoms with Crippen LogP contribution in [0.5, 0.6) is 0 Å². The highest BCUT2D eigenvalue weighted by Gasteiger charge is 2.14. The van der Waals surface area contributed by atoms with Crippen LogP contribution in [-0.2, 0) is 4.74 Å². The summed E-state index contributed by atoms with van der Waals surface area (Å²) in [6, 6.07) is 0. The van der Waals surface area contributed by atoms with Gasteiger partial charge in [0, 0.05) is 13.3 Å². The van der Waals surface area contributed by atoms with Gasteiger partial charge in [-0.15, -0.1) is 0 Å². The fraction of sp³-hybridized carbons (Fsp3) is 0.727. The molecule has 0 unspecified atom stereocenters. The molecule has 1 fully saturated rings. The van der Waals surface area contributed by atoms with Crippen LogP contribution in [0, 0.1) is 6.92 Å². The lowest BCUT2D eigenvalue weighted by molar-refractivity contribution is 0.0412. The van der Waals surface area contributed by atoms with Gasteiger partial charge in [-0.05, 0) is 31.7 Å². The van der Waals surface area contributed by atoms with Crippen molar-refractivity contribution in [2.45, 2.75) is 46.1 Å². The minimum Gasteiger partial charge on any atom is -0.381 e. The molecule has 1 aliphatic carbocycles. The highest BCUT2D eigenvalue weighted by atomic mass is 16.5. The molecule has 0 aromatic carbocycles. The number of H-pyrrole nitrogens is 1. The lowest BCUT2D eigenvalue weighted by Crippen LogP contribution is -2.18. The van der Waals surface area contributed by atoms with Crippen molar-refractivity contribution in [1.82, 2.24) is 10.2 Å². The standard InChI is InChI=1S/C5H10O.C4H6N2.C2H6/c1-6-5-3-2-4-5;1-4-2-5-6-3-4;1-2/h5H,2-4H2,1H3;2-3H,1H3,(H,5,6);1-2H3. The summed E-state index contributed by atoms with van der Waals surface area (Å²) in [5.74, 6) is 0. The van der Waals surface area contributed by atoms with Crippen molar-refractivity contribution >= 4 is 0 Å². The zero-order valence-electron chi connectivity index (χ0n) is 9.71. The van der Waals surface area contributed by atoms with Gasteiger partial charge in [-0.1, -0.05) is 13.8 Å². The molecule has 1 aromatic rings. The van der Waals surface area contributed by atoms with Gasteiger partial charge in [-0.3, -0.25) is 5.10 Å². The Hall–Kier alpha value is -0.830. The number of aromatic nitrogens is 2. The minimum absolute atomic E-state index is 0.616. The Kier molecular flexibility index (Phi) is 8.24. The number of aromatic amines is 1. The largest absolute Gasteiger partial charge is 0.381 e. The molecule has 0 saturated heterocycles. The van der Waals surface area contributed by atoms with Crippen LogP contribution in [0.25, 0.3) is 0 Å². The topological polar surface area (TPSA) is 37.9 Å². The number of hydrogen-bond acceptors (Lipinski definition) is 2. The average molecular weight is 198 g/mol. The number of nitrogens with one attached hydrogen (secondary N) is 1. The summed E-state index contributed by atoms with van der Waals surface area (Å²) in [7, 11) is 1.78. The molecule has 0 aliphatic heterocycles. The number of aryl methyl sites for hydroxylation is 1. The van der Waals surface area contributed by atoms with Gasteiger partial charge in [0.1, 0.15) is 0 Å². The fourth-order valence-corrected chi connectivity index (χ4v) is 0.922. The number of nitrogens with zero attached hydrogens (tertiary/aromatic N) is 1.